The minimum absolute atomic E-state index is 0.110. The number of benzene rings is 2. The lowest BCUT2D eigenvalue weighted by Gasteiger charge is -2.31. The van der Waals surface area contributed by atoms with Gasteiger partial charge in [0.1, 0.15) is 11.4 Å². The Hall–Kier alpha value is -4.38. The van der Waals surface area contributed by atoms with Gasteiger partial charge in [-0.1, -0.05) is 44.5 Å². The highest BCUT2D eigenvalue weighted by atomic mass is 32.2. The Labute approximate surface area is 288 Å². The lowest BCUT2D eigenvalue weighted by molar-refractivity contribution is -0.146. The van der Waals surface area contributed by atoms with E-state index in [1.807, 2.05) is 25.2 Å². The number of ether oxygens (including phenoxy) is 1. The SMILES string of the molecule is Cn1nc2nc1-c1cc(ccn1)Oc1c(F)cc3[nH]ccc3c1CCS(=O)CC(C)(C)CCC[C@]2(C)c1cccc(CC(C)(C)C(=O)O)c1. The van der Waals surface area contributed by atoms with E-state index in [0.717, 1.165) is 29.4 Å². The normalized spacial score (nSPS) is 20.2. The summed E-state index contributed by atoms with van der Waals surface area (Å²) >= 11 is 0. The quantitative estimate of drug-likeness (QED) is 0.198. The van der Waals surface area contributed by atoms with Crippen LogP contribution in [0.25, 0.3) is 22.4 Å². The third kappa shape index (κ3) is 7.18. The summed E-state index contributed by atoms with van der Waals surface area (Å²) in [7, 11) is 0.666. The topological polar surface area (TPSA) is 123 Å². The van der Waals surface area contributed by atoms with Gasteiger partial charge in [-0.2, -0.15) is 5.10 Å². The van der Waals surface area contributed by atoms with E-state index in [1.54, 1.807) is 43.1 Å². The minimum atomic E-state index is -1.16. The van der Waals surface area contributed by atoms with Gasteiger partial charge >= 0.3 is 5.97 Å². The van der Waals surface area contributed by atoms with Crippen LogP contribution in [0.5, 0.6) is 11.5 Å². The number of fused-ring (bicyclic) bond motifs is 8. The zero-order valence-corrected chi connectivity index (χ0v) is 29.8. The molecule has 0 fully saturated rings. The van der Waals surface area contributed by atoms with E-state index in [1.165, 1.54) is 6.07 Å². The highest BCUT2D eigenvalue weighted by Crippen LogP contribution is 2.40. The smallest absolute Gasteiger partial charge is 0.309 e. The number of aromatic amines is 1. The van der Waals surface area contributed by atoms with E-state index in [2.05, 4.69) is 42.9 Å². The van der Waals surface area contributed by atoms with Crippen molar-refractivity contribution in [1.82, 2.24) is 24.7 Å². The Bertz CT molecular complexity index is 2050. The summed E-state index contributed by atoms with van der Waals surface area (Å²) < 4.78 is 37.2. The molecule has 0 aliphatic carbocycles. The molecule has 2 N–H and O–H groups in total. The average Bonchev–Trinajstić information content (AvgIpc) is 3.66. The van der Waals surface area contributed by atoms with E-state index in [9.17, 15) is 14.1 Å². The van der Waals surface area contributed by atoms with E-state index >= 15 is 4.39 Å². The Morgan fingerprint density at radius 3 is 2.71 bits per heavy atom. The molecule has 3 aromatic heterocycles. The summed E-state index contributed by atoms with van der Waals surface area (Å²) in [5.74, 6) is 1.18. The maximum Gasteiger partial charge on any atom is 0.309 e. The van der Waals surface area contributed by atoms with Crippen LogP contribution in [0, 0.1) is 16.6 Å². The largest absolute Gasteiger partial charge is 0.481 e. The highest BCUT2D eigenvalue weighted by Gasteiger charge is 2.36. The predicted molar refractivity (Wildman–Crippen MR) is 190 cm³/mol. The molecule has 1 aliphatic heterocycles. The molecule has 0 spiro atoms. The third-order valence-corrected chi connectivity index (χ3v) is 11.5. The molecule has 1 aliphatic rings. The van der Waals surface area contributed by atoms with Crippen molar-refractivity contribution in [2.24, 2.45) is 17.9 Å². The number of carbonyl (C=O) groups is 1. The summed E-state index contributed by atoms with van der Waals surface area (Å²) in [6, 6.07) is 14.8. The van der Waals surface area contributed by atoms with Gasteiger partial charge in [0, 0.05) is 70.3 Å². The molecule has 0 saturated carbocycles. The van der Waals surface area contributed by atoms with Crippen molar-refractivity contribution < 1.29 is 23.2 Å². The Morgan fingerprint density at radius 1 is 1.14 bits per heavy atom. The van der Waals surface area contributed by atoms with Crippen molar-refractivity contribution in [3.05, 3.63) is 89.3 Å². The first-order chi connectivity index (χ1) is 23.1. The number of aryl methyl sites for hydroxylation is 2. The second-order valence-corrected chi connectivity index (χ2v) is 16.5. The molecule has 0 saturated heterocycles. The summed E-state index contributed by atoms with van der Waals surface area (Å²) in [6.07, 6.45) is 6.50. The summed E-state index contributed by atoms with van der Waals surface area (Å²) in [5.41, 5.74) is 2.00. The van der Waals surface area contributed by atoms with Gasteiger partial charge in [-0.3, -0.25) is 14.0 Å². The fourth-order valence-electron chi connectivity index (χ4n) is 6.85. The number of nitrogens with one attached hydrogen (secondary N) is 1. The van der Waals surface area contributed by atoms with Crippen LogP contribution in [0.1, 0.15) is 76.4 Å². The molecule has 1 unspecified atom stereocenters. The first kappa shape index (κ1) is 34.5. The van der Waals surface area contributed by atoms with E-state index in [4.69, 9.17) is 14.8 Å². The molecule has 11 heteroatoms. The number of rotatable bonds is 4. The number of aliphatic carboxylic acids is 1. The van der Waals surface area contributed by atoms with Gasteiger partial charge in [0.25, 0.3) is 0 Å². The lowest BCUT2D eigenvalue weighted by atomic mass is 9.74. The molecule has 5 aromatic rings. The van der Waals surface area contributed by atoms with Crippen molar-refractivity contribution in [1.29, 1.82) is 0 Å². The van der Waals surface area contributed by atoms with Gasteiger partial charge in [0.15, 0.2) is 23.2 Å². The van der Waals surface area contributed by atoms with Gasteiger partial charge in [-0.15, -0.1) is 0 Å². The van der Waals surface area contributed by atoms with Crippen molar-refractivity contribution in [3.63, 3.8) is 0 Å². The van der Waals surface area contributed by atoms with Gasteiger partial charge < -0.3 is 14.8 Å². The first-order valence-electron chi connectivity index (χ1n) is 16.7. The maximum absolute atomic E-state index is 15.7. The van der Waals surface area contributed by atoms with Crippen LogP contribution in [0.4, 0.5) is 4.39 Å². The van der Waals surface area contributed by atoms with Gasteiger partial charge in [-0.25, -0.2) is 14.1 Å². The average molecular weight is 686 g/mol. The molecule has 9 nitrogen and oxygen atoms in total. The molecular weight excluding hydrogens is 642 g/mol. The summed E-state index contributed by atoms with van der Waals surface area (Å²) in [5, 5.41) is 15.6. The van der Waals surface area contributed by atoms with Crippen molar-refractivity contribution >= 4 is 27.7 Å². The number of pyridine rings is 1. The number of H-pyrrole nitrogens is 1. The number of halogens is 1. The van der Waals surface area contributed by atoms with Crippen molar-refractivity contribution in [2.75, 3.05) is 11.5 Å². The summed E-state index contributed by atoms with van der Waals surface area (Å²) in [6.45, 7) is 9.89. The first-order valence-corrected chi connectivity index (χ1v) is 18.2. The molecule has 258 valence electrons. The molecule has 0 radical (unpaired) electrons. The zero-order valence-electron chi connectivity index (χ0n) is 29.0. The minimum Gasteiger partial charge on any atom is -0.481 e. The molecule has 2 aromatic carbocycles. The summed E-state index contributed by atoms with van der Waals surface area (Å²) in [4.78, 5) is 24.7. The molecule has 0 amide bonds. The molecule has 49 heavy (non-hydrogen) atoms. The van der Waals surface area contributed by atoms with Crippen molar-refractivity contribution in [2.45, 2.75) is 72.1 Å². The van der Waals surface area contributed by atoms with E-state index < -0.39 is 33.4 Å². The Morgan fingerprint density at radius 2 is 1.94 bits per heavy atom. The second kappa shape index (κ2) is 13.2. The van der Waals surface area contributed by atoms with Gasteiger partial charge in [0.2, 0.25) is 0 Å². The van der Waals surface area contributed by atoms with Gasteiger partial charge in [0.05, 0.1) is 10.8 Å². The molecule has 6 rings (SSSR count). The number of carboxylic acids is 1. The fraction of sp³-hybridized carbons (Fsp3) is 0.421. The van der Waals surface area contributed by atoms with Crippen LogP contribution < -0.4 is 4.74 Å². The predicted octanol–water partition coefficient (Wildman–Crippen LogP) is 7.75. The molecule has 4 heterocycles. The van der Waals surface area contributed by atoms with Crippen molar-refractivity contribution in [3.8, 4) is 23.0 Å². The molecular formula is C38H44FN5O4S. The number of aromatic nitrogens is 5. The van der Waals surface area contributed by atoms with E-state index in [0.29, 0.717) is 64.9 Å². The van der Waals surface area contributed by atoms with Gasteiger partial charge in [-0.05, 0) is 75.1 Å². The van der Waals surface area contributed by atoms with Crippen LogP contribution in [0.15, 0.2) is 60.9 Å². The Kier molecular flexibility index (Phi) is 9.25. The fourth-order valence-corrected chi connectivity index (χ4v) is 8.44. The zero-order chi connectivity index (χ0) is 35.1. The highest BCUT2D eigenvalue weighted by molar-refractivity contribution is 7.85. The number of nitrogens with zero attached hydrogens (tertiary/aromatic N) is 4. The second-order valence-electron chi connectivity index (χ2n) is 14.9. The van der Waals surface area contributed by atoms with Crippen LogP contribution in [-0.2, 0) is 40.9 Å². The van der Waals surface area contributed by atoms with Crippen LogP contribution in [0.3, 0.4) is 0 Å². The number of carboxylic acid groups (broad SMARTS) is 1. The van der Waals surface area contributed by atoms with Crippen LogP contribution >= 0.6 is 0 Å². The van der Waals surface area contributed by atoms with Crippen LogP contribution in [-0.4, -0.2) is 51.5 Å². The number of hydrogen-bond acceptors (Lipinski definition) is 6. The maximum atomic E-state index is 15.7. The van der Waals surface area contributed by atoms with Crippen LogP contribution in [0.2, 0.25) is 0 Å². The third-order valence-electron chi connectivity index (χ3n) is 9.75. The monoisotopic (exact) mass is 685 g/mol. The Balaban J connectivity index is 1.46. The molecule has 4 bridgehead atoms. The lowest BCUT2D eigenvalue weighted by Crippen LogP contribution is -2.29. The standard InChI is InChI=1S/C38H44FN5O4S/c1-36(2)14-8-15-38(5,25-10-7-9-24(19-25)22-37(3,4)35(45)46)34-42-33(44(6)43-34)31-20-26(11-16-41-31)48-32-28(13-18-49(47)23-36)27-12-17-40-30(27)21-29(32)39/h7,9-12,16-17,19-21,40H,8,13-15,18,22-23H2,1-6H3,(H,45,46)/t38-,49?/m1/s1. The molecule has 2 atom stereocenters. The van der Waals surface area contributed by atoms with E-state index in [-0.39, 0.29) is 11.2 Å². The number of hydrogen-bond donors (Lipinski definition) is 2.